The second-order valence-corrected chi connectivity index (χ2v) is 7.91. The van der Waals surface area contributed by atoms with Crippen molar-refractivity contribution in [2.45, 2.75) is 51.9 Å². The average molecular weight is 272 g/mol. The largest absolute Gasteiger partial charge is 0.373 e. The van der Waals surface area contributed by atoms with Gasteiger partial charge >= 0.3 is 0 Å². The second-order valence-electron chi connectivity index (χ2n) is 6.92. The molecule has 0 bridgehead atoms. The Hall–Kier alpha value is 0.230. The van der Waals surface area contributed by atoms with Gasteiger partial charge in [-0.2, -0.15) is 11.8 Å². The molecule has 0 amide bonds. The molecule has 0 saturated carbocycles. The van der Waals surface area contributed by atoms with E-state index < -0.39 is 0 Å². The van der Waals surface area contributed by atoms with Gasteiger partial charge < -0.3 is 10.5 Å². The summed E-state index contributed by atoms with van der Waals surface area (Å²) in [6.07, 6.45) is 1.86. The minimum atomic E-state index is 0.179. The van der Waals surface area contributed by atoms with Crippen LogP contribution in [0.4, 0.5) is 0 Å². The van der Waals surface area contributed by atoms with Crippen LogP contribution >= 0.6 is 11.8 Å². The molecule has 2 rings (SSSR count). The Bertz CT molecular complexity index is 288. The molecule has 0 aliphatic carbocycles. The number of hydrogen-bond acceptors (Lipinski definition) is 4. The van der Waals surface area contributed by atoms with E-state index in [4.69, 9.17) is 10.5 Å². The van der Waals surface area contributed by atoms with Gasteiger partial charge in [0.15, 0.2) is 0 Å². The van der Waals surface area contributed by atoms with Crippen LogP contribution in [0.15, 0.2) is 0 Å². The topological polar surface area (TPSA) is 38.5 Å². The standard InChI is InChI=1S/C14H28N2OS/c1-11-5-16(6-12(2)17-11)14(8-15)7-13(3,4)9-18-10-14/h11-12H,5-10,15H2,1-4H3. The number of morpholine rings is 1. The molecule has 2 aliphatic rings. The molecule has 2 saturated heterocycles. The molecule has 0 aromatic rings. The molecule has 2 fully saturated rings. The van der Waals surface area contributed by atoms with Gasteiger partial charge in [0.05, 0.1) is 12.2 Å². The van der Waals surface area contributed by atoms with Crippen LogP contribution in [0.25, 0.3) is 0 Å². The van der Waals surface area contributed by atoms with E-state index in [-0.39, 0.29) is 5.54 Å². The number of rotatable bonds is 2. The van der Waals surface area contributed by atoms with Crippen LogP contribution in [-0.2, 0) is 4.74 Å². The van der Waals surface area contributed by atoms with Crippen molar-refractivity contribution < 1.29 is 4.74 Å². The third kappa shape index (κ3) is 3.03. The summed E-state index contributed by atoms with van der Waals surface area (Å²) in [7, 11) is 0. The Kier molecular flexibility index (Phi) is 4.32. The maximum absolute atomic E-state index is 6.19. The Morgan fingerprint density at radius 3 is 2.33 bits per heavy atom. The minimum Gasteiger partial charge on any atom is -0.373 e. The van der Waals surface area contributed by atoms with Crippen molar-refractivity contribution in [3.8, 4) is 0 Å². The molecule has 0 aromatic heterocycles. The quantitative estimate of drug-likeness (QED) is 0.834. The molecule has 3 atom stereocenters. The van der Waals surface area contributed by atoms with E-state index >= 15 is 0 Å². The van der Waals surface area contributed by atoms with Gasteiger partial charge in [-0.3, -0.25) is 4.90 Å². The third-order valence-electron chi connectivity index (χ3n) is 4.14. The summed E-state index contributed by atoms with van der Waals surface area (Å²) >= 11 is 2.07. The lowest BCUT2D eigenvalue weighted by Crippen LogP contribution is -2.64. The van der Waals surface area contributed by atoms with Gasteiger partial charge in [0.25, 0.3) is 0 Å². The van der Waals surface area contributed by atoms with Crippen LogP contribution in [0, 0.1) is 5.41 Å². The zero-order valence-electron chi connectivity index (χ0n) is 12.2. The molecular formula is C14H28N2OS. The zero-order valence-corrected chi connectivity index (χ0v) is 13.1. The van der Waals surface area contributed by atoms with Crippen LogP contribution < -0.4 is 5.73 Å². The molecule has 3 nitrogen and oxygen atoms in total. The molecular weight excluding hydrogens is 244 g/mol. The summed E-state index contributed by atoms with van der Waals surface area (Å²) in [5, 5.41) is 0. The minimum absolute atomic E-state index is 0.179. The predicted molar refractivity (Wildman–Crippen MR) is 79.1 cm³/mol. The Balaban J connectivity index is 2.15. The maximum Gasteiger partial charge on any atom is 0.0678 e. The van der Waals surface area contributed by atoms with Crippen LogP contribution in [0.1, 0.15) is 34.1 Å². The van der Waals surface area contributed by atoms with Crippen molar-refractivity contribution in [1.29, 1.82) is 0 Å². The summed E-state index contributed by atoms with van der Waals surface area (Å²) in [6, 6.07) is 0. The van der Waals surface area contributed by atoms with Crippen molar-refractivity contribution in [3.63, 3.8) is 0 Å². The highest BCUT2D eigenvalue weighted by Crippen LogP contribution is 2.42. The first kappa shape index (κ1) is 14.6. The number of nitrogens with two attached hydrogens (primary N) is 1. The van der Waals surface area contributed by atoms with Gasteiger partial charge in [-0.15, -0.1) is 0 Å². The van der Waals surface area contributed by atoms with Gasteiger partial charge in [0.2, 0.25) is 0 Å². The van der Waals surface area contributed by atoms with Crippen LogP contribution in [-0.4, -0.2) is 53.8 Å². The van der Waals surface area contributed by atoms with Crippen molar-refractivity contribution in [2.75, 3.05) is 31.1 Å². The summed E-state index contributed by atoms with van der Waals surface area (Å²) in [6.45, 7) is 11.9. The van der Waals surface area contributed by atoms with E-state index in [0.29, 0.717) is 17.6 Å². The van der Waals surface area contributed by atoms with E-state index in [2.05, 4.69) is 44.4 Å². The Morgan fingerprint density at radius 2 is 1.83 bits per heavy atom. The van der Waals surface area contributed by atoms with E-state index in [9.17, 15) is 0 Å². The third-order valence-corrected chi connectivity index (χ3v) is 5.87. The normalized spacial score (nSPS) is 41.8. The van der Waals surface area contributed by atoms with E-state index in [1.807, 2.05) is 0 Å². The molecule has 3 unspecified atom stereocenters. The van der Waals surface area contributed by atoms with Crippen LogP contribution in [0.5, 0.6) is 0 Å². The molecule has 106 valence electrons. The van der Waals surface area contributed by atoms with Gasteiger partial charge in [-0.1, -0.05) is 13.8 Å². The molecule has 0 radical (unpaired) electrons. The summed E-state index contributed by atoms with van der Waals surface area (Å²) in [5.74, 6) is 2.43. The Labute approximate surface area is 116 Å². The first-order chi connectivity index (χ1) is 8.37. The fraction of sp³-hybridized carbons (Fsp3) is 1.00. The fourth-order valence-corrected chi connectivity index (χ4v) is 5.08. The fourth-order valence-electron chi connectivity index (χ4n) is 3.54. The lowest BCUT2D eigenvalue weighted by Gasteiger charge is -2.53. The molecule has 0 aromatic carbocycles. The van der Waals surface area contributed by atoms with E-state index in [0.717, 1.165) is 19.6 Å². The summed E-state index contributed by atoms with van der Waals surface area (Å²) in [4.78, 5) is 2.61. The van der Waals surface area contributed by atoms with Gasteiger partial charge in [-0.25, -0.2) is 0 Å². The first-order valence-electron chi connectivity index (χ1n) is 7.05. The van der Waals surface area contributed by atoms with Crippen molar-refractivity contribution >= 4 is 11.8 Å². The van der Waals surface area contributed by atoms with Crippen LogP contribution in [0.2, 0.25) is 0 Å². The SMILES string of the molecule is CC1CN(C2(CN)CSCC(C)(C)C2)CC(C)O1. The maximum atomic E-state index is 6.19. The van der Waals surface area contributed by atoms with Gasteiger partial charge in [-0.05, 0) is 31.4 Å². The molecule has 18 heavy (non-hydrogen) atoms. The monoisotopic (exact) mass is 272 g/mol. The second kappa shape index (κ2) is 5.31. The highest BCUT2D eigenvalue weighted by Gasteiger charge is 2.45. The van der Waals surface area contributed by atoms with Crippen LogP contribution in [0.3, 0.4) is 0 Å². The van der Waals surface area contributed by atoms with Crippen molar-refractivity contribution in [3.05, 3.63) is 0 Å². The lowest BCUT2D eigenvalue weighted by molar-refractivity contribution is -0.103. The van der Waals surface area contributed by atoms with E-state index in [1.165, 1.54) is 17.9 Å². The predicted octanol–water partition coefficient (Wildman–Crippen LogP) is 1.96. The first-order valence-corrected chi connectivity index (χ1v) is 8.21. The van der Waals surface area contributed by atoms with Gasteiger partial charge in [0, 0.05) is 30.9 Å². The Morgan fingerprint density at radius 1 is 1.22 bits per heavy atom. The van der Waals surface area contributed by atoms with Gasteiger partial charge in [0.1, 0.15) is 0 Å². The molecule has 2 heterocycles. The lowest BCUT2D eigenvalue weighted by atomic mass is 9.78. The van der Waals surface area contributed by atoms with Crippen molar-refractivity contribution in [1.82, 2.24) is 4.90 Å². The number of nitrogens with zero attached hydrogens (tertiary/aromatic N) is 1. The van der Waals surface area contributed by atoms with Crippen molar-refractivity contribution in [2.24, 2.45) is 11.1 Å². The smallest absolute Gasteiger partial charge is 0.0678 e. The number of hydrogen-bond donors (Lipinski definition) is 1. The number of ether oxygens (including phenoxy) is 1. The molecule has 2 N–H and O–H groups in total. The molecule has 2 aliphatic heterocycles. The highest BCUT2D eigenvalue weighted by atomic mass is 32.2. The summed E-state index contributed by atoms with van der Waals surface area (Å²) in [5.41, 5.74) is 6.76. The summed E-state index contributed by atoms with van der Waals surface area (Å²) < 4.78 is 5.86. The average Bonchev–Trinajstić information content (AvgIpc) is 2.26. The number of thioether (sulfide) groups is 1. The molecule has 4 heteroatoms. The molecule has 0 spiro atoms. The zero-order chi connectivity index (χ0) is 13.4. The van der Waals surface area contributed by atoms with E-state index in [1.54, 1.807) is 0 Å². The highest BCUT2D eigenvalue weighted by molar-refractivity contribution is 7.99.